The van der Waals surface area contributed by atoms with Crippen LogP contribution in [-0.4, -0.2) is 171 Å². The predicted molar refractivity (Wildman–Crippen MR) is 170 cm³/mol. The van der Waals surface area contributed by atoms with Crippen molar-refractivity contribution in [2.45, 2.75) is 80.5 Å². The number of aliphatic hydroxyl groups excluding tert-OH is 9. The summed E-state index contributed by atoms with van der Waals surface area (Å²) in [4.78, 5) is 14.2. The smallest absolute Gasteiger partial charge is 0.203 e. The zero-order valence-corrected chi connectivity index (χ0v) is 27.9. The average Bonchev–Trinajstić information content (AvgIpc) is 3.13. The van der Waals surface area contributed by atoms with Gasteiger partial charge in [0.1, 0.15) is 85.4 Å². The molecule has 52 heavy (non-hydrogen) atoms. The summed E-state index contributed by atoms with van der Waals surface area (Å²) in [5.74, 6) is -1.24. The summed E-state index contributed by atoms with van der Waals surface area (Å²) in [6.07, 6.45) is -19.2. The first-order chi connectivity index (χ1) is 24.9. The molecule has 19 heteroatoms. The number of carbonyl (C=O) groups is 1. The van der Waals surface area contributed by atoms with Gasteiger partial charge in [0.05, 0.1) is 32.5 Å². The van der Waals surface area contributed by atoms with E-state index in [1.54, 1.807) is 0 Å². The van der Waals surface area contributed by atoms with E-state index in [0.29, 0.717) is 0 Å². The summed E-state index contributed by atoms with van der Waals surface area (Å²) in [7, 11) is 0. The van der Waals surface area contributed by atoms with E-state index in [1.807, 2.05) is 0 Å². The fourth-order valence-electron chi connectivity index (χ4n) is 5.91. The van der Waals surface area contributed by atoms with Crippen molar-refractivity contribution in [1.29, 1.82) is 0 Å². The Hall–Kier alpha value is -3.41. The van der Waals surface area contributed by atoms with Gasteiger partial charge < -0.3 is 89.0 Å². The van der Waals surface area contributed by atoms with Crippen molar-refractivity contribution in [2.24, 2.45) is 0 Å². The summed E-state index contributed by atoms with van der Waals surface area (Å²) < 4.78 is 45.5. The highest BCUT2D eigenvalue weighted by Crippen LogP contribution is 2.45. The number of ether oxygens (including phenoxy) is 8. The largest absolute Gasteiger partial charge is 0.507 e. The number of Topliss-reactive ketones (excluding diaryl/α,β-unsaturated/α-hetero) is 1. The Morgan fingerprint density at radius 2 is 1.35 bits per heavy atom. The molecule has 0 spiro atoms. The lowest BCUT2D eigenvalue weighted by Crippen LogP contribution is -2.62. The van der Waals surface area contributed by atoms with Crippen LogP contribution in [0, 0.1) is 0 Å². The van der Waals surface area contributed by atoms with E-state index >= 15 is 0 Å². The zero-order valence-electron chi connectivity index (χ0n) is 27.9. The van der Waals surface area contributed by atoms with Crippen LogP contribution in [0.1, 0.15) is 28.9 Å². The molecule has 2 fully saturated rings. The maximum Gasteiger partial charge on any atom is 0.203 e. The molecule has 0 bridgehead atoms. The Labute approximate surface area is 296 Å². The van der Waals surface area contributed by atoms with Crippen molar-refractivity contribution < 1.29 is 93.8 Å². The van der Waals surface area contributed by atoms with Crippen LogP contribution in [0.15, 0.2) is 30.3 Å². The summed E-state index contributed by atoms with van der Waals surface area (Å²) in [5.41, 5.74) is -0.111. The third-order valence-electron chi connectivity index (χ3n) is 8.62. The molecular weight excluding hydrogens is 700 g/mol. The van der Waals surface area contributed by atoms with Crippen molar-refractivity contribution in [1.82, 2.24) is 0 Å². The summed E-state index contributed by atoms with van der Waals surface area (Å²) in [5, 5.41) is 102. The highest BCUT2D eigenvalue weighted by atomic mass is 16.7. The van der Waals surface area contributed by atoms with E-state index in [2.05, 4.69) is 0 Å². The van der Waals surface area contributed by atoms with Gasteiger partial charge in [0.15, 0.2) is 36.3 Å². The highest BCUT2D eigenvalue weighted by Gasteiger charge is 2.50. The number of carbonyl (C=O) groups excluding carboxylic acids is 1. The monoisotopic (exact) mass is 744 g/mol. The van der Waals surface area contributed by atoms with Crippen LogP contribution < -0.4 is 18.9 Å². The third kappa shape index (κ3) is 8.52. The molecule has 3 unspecified atom stereocenters. The molecule has 10 N–H and O–H groups in total. The number of phenolic OH excluding ortho intramolecular Hbond substituents is 1. The van der Waals surface area contributed by atoms with E-state index in [-0.39, 0.29) is 73.8 Å². The van der Waals surface area contributed by atoms with Crippen molar-refractivity contribution >= 4 is 5.78 Å². The standard InChI is InChI=1S/C33H44O19/c1-14-23(38)26(41)28(43)32(49-14)48-13-21-24(39)27(42)29(44)33(51-21)52-31-25(40)22-17(37)11-16(45-7-4-34)12-20(22)50-30(31)15-2-3-18(46-8-5-35)19(10-15)47-9-6-36/h2-3,10-12,14,21,23-24,26-39,41-44H,4-9,13H2,1H3/t14-,21+,23-,24+,26+,27-,28+,29+,30?,31?,32+,33?/m0/s1. The average molecular weight is 745 g/mol. The molecule has 0 aromatic heterocycles. The van der Waals surface area contributed by atoms with Gasteiger partial charge in [-0.3, -0.25) is 4.79 Å². The molecule has 290 valence electrons. The lowest BCUT2D eigenvalue weighted by Gasteiger charge is -2.44. The second-order valence-electron chi connectivity index (χ2n) is 12.2. The summed E-state index contributed by atoms with van der Waals surface area (Å²) in [6.45, 7) is -0.556. The lowest BCUT2D eigenvalue weighted by atomic mass is 9.92. The van der Waals surface area contributed by atoms with Crippen LogP contribution in [0.3, 0.4) is 0 Å². The molecule has 0 aliphatic carbocycles. The van der Waals surface area contributed by atoms with Gasteiger partial charge >= 0.3 is 0 Å². The van der Waals surface area contributed by atoms with Crippen LogP contribution in [0.4, 0.5) is 0 Å². The zero-order chi connectivity index (χ0) is 37.7. The van der Waals surface area contributed by atoms with Crippen molar-refractivity contribution in [2.75, 3.05) is 46.2 Å². The van der Waals surface area contributed by atoms with Gasteiger partial charge in [0.2, 0.25) is 5.78 Å². The number of hydrogen-bond donors (Lipinski definition) is 10. The first-order valence-electron chi connectivity index (χ1n) is 16.5. The van der Waals surface area contributed by atoms with Gasteiger partial charge in [-0.15, -0.1) is 0 Å². The third-order valence-corrected chi connectivity index (χ3v) is 8.62. The number of aliphatic hydroxyl groups is 9. The quantitative estimate of drug-likeness (QED) is 0.0862. The molecule has 3 aliphatic heterocycles. The number of fused-ring (bicyclic) bond motifs is 1. The number of phenols is 1. The predicted octanol–water partition coefficient (Wildman–Crippen LogP) is -3.14. The number of rotatable bonds is 15. The van der Waals surface area contributed by atoms with Crippen molar-refractivity contribution in [3.8, 4) is 28.7 Å². The van der Waals surface area contributed by atoms with Gasteiger partial charge in [-0.2, -0.15) is 0 Å². The van der Waals surface area contributed by atoms with Gasteiger partial charge in [-0.25, -0.2) is 0 Å². The van der Waals surface area contributed by atoms with Gasteiger partial charge in [-0.1, -0.05) is 6.07 Å². The lowest BCUT2D eigenvalue weighted by molar-refractivity contribution is -0.333. The molecular formula is C33H44O19. The van der Waals surface area contributed by atoms with Gasteiger partial charge in [-0.05, 0) is 24.6 Å². The molecule has 2 aromatic rings. The molecule has 3 heterocycles. The van der Waals surface area contributed by atoms with Gasteiger partial charge in [0.25, 0.3) is 0 Å². The number of hydrogen-bond acceptors (Lipinski definition) is 19. The van der Waals surface area contributed by atoms with Crippen LogP contribution in [-0.2, 0) is 18.9 Å². The summed E-state index contributed by atoms with van der Waals surface area (Å²) >= 11 is 0. The molecule has 5 rings (SSSR count). The molecule has 3 aliphatic rings. The Bertz CT molecular complexity index is 1490. The number of aromatic hydroxyl groups is 1. The Balaban J connectivity index is 1.45. The number of ketones is 1. The van der Waals surface area contributed by atoms with Crippen LogP contribution >= 0.6 is 0 Å². The maximum atomic E-state index is 14.2. The molecule has 2 saturated heterocycles. The first-order valence-corrected chi connectivity index (χ1v) is 16.5. The van der Waals surface area contributed by atoms with E-state index in [9.17, 15) is 55.9 Å². The molecule has 0 radical (unpaired) electrons. The molecule has 19 nitrogen and oxygen atoms in total. The fraction of sp³-hybridized carbons (Fsp3) is 0.606. The Morgan fingerprint density at radius 3 is 2.04 bits per heavy atom. The first kappa shape index (κ1) is 39.8. The number of benzene rings is 2. The van der Waals surface area contributed by atoms with Crippen LogP contribution in [0.25, 0.3) is 0 Å². The maximum absolute atomic E-state index is 14.2. The second kappa shape index (κ2) is 17.6. The molecule has 2 aromatic carbocycles. The Morgan fingerprint density at radius 1 is 0.712 bits per heavy atom. The fourth-order valence-corrected chi connectivity index (χ4v) is 5.91. The van der Waals surface area contributed by atoms with E-state index in [1.165, 1.54) is 31.2 Å². The molecule has 0 amide bonds. The van der Waals surface area contributed by atoms with Crippen molar-refractivity contribution in [3.63, 3.8) is 0 Å². The van der Waals surface area contributed by atoms with Crippen molar-refractivity contribution in [3.05, 3.63) is 41.5 Å². The minimum Gasteiger partial charge on any atom is -0.507 e. The normalized spacial score (nSPS) is 33.2. The SMILES string of the molecule is C[C@@H]1O[C@@H](OC[C@H]2OC(OC3C(=O)c4c(O)cc(OCCO)cc4OC3c3ccc(OCCO)c(OCCO)c3)[C@H](O)[C@@H](O)[C@@H]2O)[C@H](O)[C@H](O)[C@H]1O. The minimum atomic E-state index is -1.95. The Kier molecular flexibility index (Phi) is 13.5. The summed E-state index contributed by atoms with van der Waals surface area (Å²) in [6, 6.07) is 6.79. The van der Waals surface area contributed by atoms with E-state index in [0.717, 1.165) is 6.07 Å². The molecule has 12 atom stereocenters. The van der Waals surface area contributed by atoms with E-state index in [4.69, 9.17) is 37.9 Å². The van der Waals surface area contributed by atoms with E-state index < -0.39 is 91.8 Å². The van der Waals surface area contributed by atoms with Crippen LogP contribution in [0.5, 0.6) is 28.7 Å². The highest BCUT2D eigenvalue weighted by molar-refractivity contribution is 6.05. The van der Waals surface area contributed by atoms with Crippen LogP contribution in [0.2, 0.25) is 0 Å². The minimum absolute atomic E-state index is 0.0606. The molecule has 0 saturated carbocycles. The second-order valence-corrected chi connectivity index (χ2v) is 12.2. The van der Waals surface area contributed by atoms with Gasteiger partial charge in [0, 0.05) is 12.1 Å². The topological polar surface area (TPSA) is 293 Å².